The molecule has 0 saturated heterocycles. The Morgan fingerprint density at radius 2 is 1.79 bits per heavy atom. The van der Waals surface area contributed by atoms with Gasteiger partial charge in [-0.15, -0.1) is 0 Å². The van der Waals surface area contributed by atoms with Crippen LogP contribution in [0.2, 0.25) is 0 Å². The molecule has 0 aromatic heterocycles. The molecule has 0 spiro atoms. The first-order chi connectivity index (χ1) is 8.94. The van der Waals surface area contributed by atoms with Crippen LogP contribution in [0.4, 0.5) is 0 Å². The lowest BCUT2D eigenvalue weighted by Crippen LogP contribution is -2.40. The molecule has 1 aromatic carbocycles. The molecule has 1 rings (SSSR count). The SMILES string of the molecule is CN(C)CCCCNC(=O)C(C)(C)c1ccccc1. The maximum Gasteiger partial charge on any atom is 0.230 e. The van der Waals surface area contributed by atoms with Crippen molar-refractivity contribution in [1.82, 2.24) is 10.2 Å². The lowest BCUT2D eigenvalue weighted by atomic mass is 9.84. The maximum atomic E-state index is 12.2. The molecule has 19 heavy (non-hydrogen) atoms. The number of hydrogen-bond acceptors (Lipinski definition) is 2. The van der Waals surface area contributed by atoms with E-state index < -0.39 is 5.41 Å². The Labute approximate surface area is 117 Å². The number of carbonyl (C=O) groups is 1. The van der Waals surface area contributed by atoms with Gasteiger partial charge >= 0.3 is 0 Å². The topological polar surface area (TPSA) is 32.3 Å². The average molecular weight is 262 g/mol. The Bertz CT molecular complexity index is 385. The van der Waals surface area contributed by atoms with E-state index in [1.165, 1.54) is 0 Å². The van der Waals surface area contributed by atoms with E-state index in [1.54, 1.807) is 0 Å². The summed E-state index contributed by atoms with van der Waals surface area (Å²) in [5.41, 5.74) is 0.587. The molecule has 106 valence electrons. The van der Waals surface area contributed by atoms with Gasteiger partial charge in [0.2, 0.25) is 5.91 Å². The third-order valence-corrected chi connectivity index (χ3v) is 3.38. The zero-order valence-corrected chi connectivity index (χ0v) is 12.6. The molecule has 0 fully saturated rings. The van der Waals surface area contributed by atoms with E-state index in [0.717, 1.165) is 31.5 Å². The van der Waals surface area contributed by atoms with Gasteiger partial charge in [0.05, 0.1) is 5.41 Å². The Kier molecular flexibility index (Phi) is 6.03. The molecule has 1 amide bonds. The summed E-state index contributed by atoms with van der Waals surface area (Å²) in [4.78, 5) is 14.4. The van der Waals surface area contributed by atoms with Crippen molar-refractivity contribution >= 4 is 5.91 Å². The monoisotopic (exact) mass is 262 g/mol. The highest BCUT2D eigenvalue weighted by Gasteiger charge is 2.28. The molecule has 0 aliphatic rings. The number of hydrogen-bond donors (Lipinski definition) is 1. The van der Waals surface area contributed by atoms with Gasteiger partial charge in [-0.05, 0) is 52.9 Å². The summed E-state index contributed by atoms with van der Waals surface area (Å²) in [5, 5.41) is 3.04. The maximum absolute atomic E-state index is 12.2. The van der Waals surface area contributed by atoms with Crippen LogP contribution in [0.3, 0.4) is 0 Å². The van der Waals surface area contributed by atoms with E-state index in [9.17, 15) is 4.79 Å². The Balaban J connectivity index is 2.40. The molecule has 0 unspecified atom stereocenters. The number of carbonyl (C=O) groups excluding carboxylic acids is 1. The van der Waals surface area contributed by atoms with Crippen LogP contribution in [0, 0.1) is 0 Å². The smallest absolute Gasteiger partial charge is 0.230 e. The van der Waals surface area contributed by atoms with Crippen molar-refractivity contribution in [2.45, 2.75) is 32.1 Å². The Hall–Kier alpha value is -1.35. The molecule has 0 saturated carbocycles. The molecule has 0 atom stereocenters. The molecule has 0 heterocycles. The first-order valence-corrected chi connectivity index (χ1v) is 6.93. The second kappa shape index (κ2) is 7.29. The highest BCUT2D eigenvalue weighted by Crippen LogP contribution is 2.22. The predicted octanol–water partition coefficient (Wildman–Crippen LogP) is 2.42. The molecule has 0 radical (unpaired) electrons. The van der Waals surface area contributed by atoms with Gasteiger partial charge in [0.1, 0.15) is 0 Å². The van der Waals surface area contributed by atoms with Gasteiger partial charge in [0.15, 0.2) is 0 Å². The predicted molar refractivity (Wildman–Crippen MR) is 80.3 cm³/mol. The van der Waals surface area contributed by atoms with Gasteiger partial charge < -0.3 is 10.2 Å². The summed E-state index contributed by atoms with van der Waals surface area (Å²) < 4.78 is 0. The fraction of sp³-hybridized carbons (Fsp3) is 0.562. The van der Waals surface area contributed by atoms with Crippen LogP contribution in [0.1, 0.15) is 32.3 Å². The van der Waals surface area contributed by atoms with Crippen molar-refractivity contribution in [2.24, 2.45) is 0 Å². The molecule has 1 N–H and O–H groups in total. The van der Waals surface area contributed by atoms with Gasteiger partial charge in [-0.2, -0.15) is 0 Å². The van der Waals surface area contributed by atoms with Gasteiger partial charge in [0, 0.05) is 6.54 Å². The number of benzene rings is 1. The first kappa shape index (κ1) is 15.7. The zero-order valence-electron chi connectivity index (χ0n) is 12.6. The van der Waals surface area contributed by atoms with Crippen LogP contribution >= 0.6 is 0 Å². The van der Waals surface area contributed by atoms with Crippen molar-refractivity contribution in [1.29, 1.82) is 0 Å². The normalized spacial score (nSPS) is 11.6. The number of nitrogens with one attached hydrogen (secondary N) is 1. The van der Waals surface area contributed by atoms with Gasteiger partial charge in [0.25, 0.3) is 0 Å². The summed E-state index contributed by atoms with van der Waals surface area (Å²) in [6, 6.07) is 9.93. The van der Waals surface area contributed by atoms with E-state index in [-0.39, 0.29) is 5.91 Å². The van der Waals surface area contributed by atoms with Crippen LogP contribution in [-0.4, -0.2) is 38.0 Å². The van der Waals surface area contributed by atoms with Gasteiger partial charge in [-0.3, -0.25) is 4.79 Å². The van der Waals surface area contributed by atoms with E-state index in [4.69, 9.17) is 0 Å². The zero-order chi connectivity index (χ0) is 14.3. The minimum absolute atomic E-state index is 0.101. The standard InChI is InChI=1S/C16H26N2O/c1-16(2,14-10-6-5-7-11-14)15(19)17-12-8-9-13-18(3)4/h5-7,10-11H,8-9,12-13H2,1-4H3,(H,17,19). The van der Waals surface area contributed by atoms with Gasteiger partial charge in [-0.1, -0.05) is 30.3 Å². The van der Waals surface area contributed by atoms with Crippen LogP contribution in [0.5, 0.6) is 0 Å². The van der Waals surface area contributed by atoms with Crippen LogP contribution in [-0.2, 0) is 10.2 Å². The first-order valence-electron chi connectivity index (χ1n) is 6.93. The molecule has 0 bridgehead atoms. The van der Waals surface area contributed by atoms with E-state index >= 15 is 0 Å². The second-order valence-corrected chi connectivity index (χ2v) is 5.76. The largest absolute Gasteiger partial charge is 0.355 e. The molecular weight excluding hydrogens is 236 g/mol. The third-order valence-electron chi connectivity index (χ3n) is 3.38. The van der Waals surface area contributed by atoms with Crippen molar-refractivity contribution in [2.75, 3.05) is 27.2 Å². The summed E-state index contributed by atoms with van der Waals surface area (Å²) in [6.07, 6.45) is 2.13. The van der Waals surface area contributed by atoms with E-state index in [2.05, 4.69) is 24.3 Å². The minimum atomic E-state index is -0.469. The summed E-state index contributed by atoms with van der Waals surface area (Å²) >= 11 is 0. The molecular formula is C16H26N2O. The molecule has 3 nitrogen and oxygen atoms in total. The highest BCUT2D eigenvalue weighted by molar-refractivity contribution is 5.87. The quantitative estimate of drug-likeness (QED) is 0.765. The number of nitrogens with zero attached hydrogens (tertiary/aromatic N) is 1. The number of amides is 1. The number of rotatable bonds is 7. The molecule has 0 aliphatic heterocycles. The van der Waals surface area contributed by atoms with Crippen LogP contribution < -0.4 is 5.32 Å². The summed E-state index contributed by atoms with van der Waals surface area (Å²) in [5.74, 6) is 0.101. The van der Waals surface area contributed by atoms with Crippen molar-refractivity contribution < 1.29 is 4.79 Å². The van der Waals surface area contributed by atoms with Crippen molar-refractivity contribution in [3.8, 4) is 0 Å². The second-order valence-electron chi connectivity index (χ2n) is 5.76. The van der Waals surface area contributed by atoms with E-state index in [1.807, 2.05) is 44.2 Å². The van der Waals surface area contributed by atoms with Crippen molar-refractivity contribution in [3.05, 3.63) is 35.9 Å². The molecule has 3 heteroatoms. The van der Waals surface area contributed by atoms with E-state index in [0.29, 0.717) is 0 Å². The number of unbranched alkanes of at least 4 members (excludes halogenated alkanes) is 1. The lowest BCUT2D eigenvalue weighted by molar-refractivity contribution is -0.125. The molecule has 1 aromatic rings. The average Bonchev–Trinajstić information content (AvgIpc) is 2.38. The third kappa shape index (κ3) is 5.03. The summed E-state index contributed by atoms with van der Waals surface area (Å²) in [6.45, 7) is 5.76. The Morgan fingerprint density at radius 1 is 1.16 bits per heavy atom. The minimum Gasteiger partial charge on any atom is -0.355 e. The van der Waals surface area contributed by atoms with Gasteiger partial charge in [-0.25, -0.2) is 0 Å². The van der Waals surface area contributed by atoms with Crippen LogP contribution in [0.15, 0.2) is 30.3 Å². The lowest BCUT2D eigenvalue weighted by Gasteiger charge is -2.24. The highest BCUT2D eigenvalue weighted by atomic mass is 16.2. The van der Waals surface area contributed by atoms with Crippen LogP contribution in [0.25, 0.3) is 0 Å². The fourth-order valence-corrected chi connectivity index (χ4v) is 1.96. The summed E-state index contributed by atoms with van der Waals surface area (Å²) in [7, 11) is 4.13. The molecule has 0 aliphatic carbocycles. The van der Waals surface area contributed by atoms with Crippen molar-refractivity contribution in [3.63, 3.8) is 0 Å². The Morgan fingerprint density at radius 3 is 2.37 bits per heavy atom. The fourth-order valence-electron chi connectivity index (χ4n) is 1.96.